The van der Waals surface area contributed by atoms with Crippen LogP contribution in [-0.4, -0.2) is 15.2 Å². The summed E-state index contributed by atoms with van der Waals surface area (Å²) >= 11 is 13.3. The maximum Gasteiger partial charge on any atom is 0.224 e. The summed E-state index contributed by atoms with van der Waals surface area (Å²) in [6.45, 7) is 2.14. The first-order chi connectivity index (χ1) is 5.66. The van der Waals surface area contributed by atoms with Crippen LogP contribution in [0.1, 0.15) is 12.6 Å². The van der Waals surface area contributed by atoms with Crippen molar-refractivity contribution in [3.05, 3.63) is 16.1 Å². The number of rotatable bonds is 0. The van der Waals surface area contributed by atoms with Gasteiger partial charge in [0.15, 0.2) is 0 Å². The minimum atomic E-state index is 0.244. The van der Waals surface area contributed by atoms with E-state index in [-0.39, 0.29) is 5.28 Å². The predicted molar refractivity (Wildman–Crippen MR) is 51.1 cm³/mol. The number of aromatic nitrogens is 2. The van der Waals surface area contributed by atoms with E-state index < -0.39 is 0 Å². The van der Waals surface area contributed by atoms with Crippen molar-refractivity contribution in [2.75, 3.05) is 0 Å². The summed E-state index contributed by atoms with van der Waals surface area (Å²) < 4.78 is 0. The molecule has 0 aromatic carbocycles. The Morgan fingerprint density at radius 3 is 2.92 bits per heavy atom. The van der Waals surface area contributed by atoms with E-state index in [4.69, 9.17) is 23.2 Å². The Hall–Kier alpha value is 0.01000. The summed E-state index contributed by atoms with van der Waals surface area (Å²) in [6.07, 6.45) is 0.933. The third kappa shape index (κ3) is 1.41. The third-order valence-electron chi connectivity index (χ3n) is 1.67. The summed E-state index contributed by atoms with van der Waals surface area (Å²) in [6, 6.07) is 0. The van der Waals surface area contributed by atoms with Crippen LogP contribution in [0, 0.1) is 0 Å². The SMILES string of the molecule is CC1Cc2nc(Cl)nc(Cl)c2S1. The highest BCUT2D eigenvalue weighted by atomic mass is 35.5. The number of fused-ring (bicyclic) bond motifs is 1. The second-order valence-corrected chi connectivity index (χ2v) is 4.84. The summed E-state index contributed by atoms with van der Waals surface area (Å²) in [5.74, 6) is 0. The molecule has 2 heterocycles. The maximum absolute atomic E-state index is 5.88. The average molecular weight is 221 g/mol. The second-order valence-electron chi connectivity index (χ2n) is 2.69. The Bertz CT molecular complexity index is 329. The lowest BCUT2D eigenvalue weighted by atomic mass is 10.2. The number of thioether (sulfide) groups is 1. The molecule has 0 aliphatic carbocycles. The van der Waals surface area contributed by atoms with E-state index in [1.807, 2.05) is 0 Å². The molecule has 0 bridgehead atoms. The normalized spacial score (nSPS) is 21.1. The maximum atomic E-state index is 5.88. The van der Waals surface area contributed by atoms with E-state index in [9.17, 15) is 0 Å². The lowest BCUT2D eigenvalue weighted by Crippen LogP contribution is -1.95. The molecule has 1 atom stereocenters. The fourth-order valence-corrected chi connectivity index (χ4v) is 2.81. The van der Waals surface area contributed by atoms with Gasteiger partial charge in [0.25, 0.3) is 0 Å². The first kappa shape index (κ1) is 8.60. The highest BCUT2D eigenvalue weighted by Crippen LogP contribution is 2.39. The van der Waals surface area contributed by atoms with Gasteiger partial charge in [0.1, 0.15) is 5.15 Å². The molecule has 1 aliphatic rings. The van der Waals surface area contributed by atoms with Crippen molar-refractivity contribution in [1.82, 2.24) is 9.97 Å². The van der Waals surface area contributed by atoms with Gasteiger partial charge < -0.3 is 0 Å². The topological polar surface area (TPSA) is 25.8 Å². The number of halogens is 2. The zero-order valence-corrected chi connectivity index (χ0v) is 8.67. The first-order valence-corrected chi connectivity index (χ1v) is 5.19. The molecular formula is C7H6Cl2N2S. The molecule has 1 unspecified atom stereocenters. The van der Waals surface area contributed by atoms with Crippen molar-refractivity contribution in [3.63, 3.8) is 0 Å². The van der Waals surface area contributed by atoms with Crippen molar-refractivity contribution < 1.29 is 0 Å². The van der Waals surface area contributed by atoms with Crippen LogP contribution in [0.4, 0.5) is 0 Å². The molecule has 0 N–H and O–H groups in total. The Morgan fingerprint density at radius 2 is 2.17 bits per heavy atom. The van der Waals surface area contributed by atoms with E-state index in [1.165, 1.54) is 0 Å². The largest absolute Gasteiger partial charge is 0.224 e. The minimum absolute atomic E-state index is 0.244. The minimum Gasteiger partial charge on any atom is -0.222 e. The predicted octanol–water partition coefficient (Wildman–Crippen LogP) is 2.82. The molecular weight excluding hydrogens is 215 g/mol. The lowest BCUT2D eigenvalue weighted by molar-refractivity contribution is 0.894. The molecule has 0 spiro atoms. The molecule has 0 amide bonds. The summed E-state index contributed by atoms with van der Waals surface area (Å²) in [7, 11) is 0. The first-order valence-electron chi connectivity index (χ1n) is 3.55. The Balaban J connectivity index is 2.52. The van der Waals surface area contributed by atoms with Gasteiger partial charge in [-0.15, -0.1) is 11.8 Å². The van der Waals surface area contributed by atoms with Gasteiger partial charge in [0, 0.05) is 11.7 Å². The van der Waals surface area contributed by atoms with E-state index in [0.717, 1.165) is 17.0 Å². The monoisotopic (exact) mass is 220 g/mol. The van der Waals surface area contributed by atoms with Crippen LogP contribution >= 0.6 is 35.0 Å². The van der Waals surface area contributed by atoms with Crippen LogP contribution < -0.4 is 0 Å². The summed E-state index contributed by atoms with van der Waals surface area (Å²) in [5.41, 5.74) is 0.984. The van der Waals surface area contributed by atoms with Gasteiger partial charge >= 0.3 is 0 Å². The standard InChI is InChI=1S/C7H6Cl2N2S/c1-3-2-4-5(12-3)6(8)11-7(9)10-4/h3H,2H2,1H3. The molecule has 1 aromatic heterocycles. The van der Waals surface area contributed by atoms with Crippen LogP contribution in [0.5, 0.6) is 0 Å². The van der Waals surface area contributed by atoms with Crippen LogP contribution in [0.15, 0.2) is 4.90 Å². The van der Waals surface area contributed by atoms with Crippen LogP contribution in [0.2, 0.25) is 10.4 Å². The third-order valence-corrected chi connectivity index (χ3v) is 3.46. The van der Waals surface area contributed by atoms with Crippen LogP contribution in [0.25, 0.3) is 0 Å². The van der Waals surface area contributed by atoms with Gasteiger partial charge in [-0.25, -0.2) is 9.97 Å². The van der Waals surface area contributed by atoms with Gasteiger partial charge in [0.05, 0.1) is 10.6 Å². The van der Waals surface area contributed by atoms with Crippen LogP contribution in [-0.2, 0) is 6.42 Å². The molecule has 0 saturated heterocycles. The van der Waals surface area contributed by atoms with E-state index in [0.29, 0.717) is 10.4 Å². The molecule has 5 heteroatoms. The van der Waals surface area contributed by atoms with E-state index in [2.05, 4.69) is 16.9 Å². The second kappa shape index (κ2) is 3.05. The van der Waals surface area contributed by atoms with Gasteiger partial charge in [-0.2, -0.15) is 0 Å². The molecule has 0 radical (unpaired) electrons. The molecule has 12 heavy (non-hydrogen) atoms. The number of hydrogen-bond donors (Lipinski definition) is 0. The zero-order chi connectivity index (χ0) is 8.72. The van der Waals surface area contributed by atoms with Crippen molar-refractivity contribution in [1.29, 1.82) is 0 Å². The smallest absolute Gasteiger partial charge is 0.222 e. The fourth-order valence-electron chi connectivity index (χ4n) is 1.21. The molecule has 64 valence electrons. The Morgan fingerprint density at radius 1 is 1.42 bits per heavy atom. The highest BCUT2D eigenvalue weighted by molar-refractivity contribution is 8.00. The Labute approximate surface area is 84.7 Å². The fraction of sp³-hybridized carbons (Fsp3) is 0.429. The molecule has 0 fully saturated rings. The van der Waals surface area contributed by atoms with Gasteiger partial charge in [-0.05, 0) is 11.6 Å². The van der Waals surface area contributed by atoms with Gasteiger partial charge in [-0.3, -0.25) is 0 Å². The summed E-state index contributed by atoms with van der Waals surface area (Å²) in [5, 5.41) is 1.26. The number of hydrogen-bond acceptors (Lipinski definition) is 3. The van der Waals surface area contributed by atoms with Crippen molar-refractivity contribution in [2.24, 2.45) is 0 Å². The zero-order valence-electron chi connectivity index (χ0n) is 6.34. The highest BCUT2D eigenvalue weighted by Gasteiger charge is 2.23. The molecule has 0 saturated carbocycles. The van der Waals surface area contributed by atoms with Crippen LogP contribution in [0.3, 0.4) is 0 Å². The summed E-state index contributed by atoms with van der Waals surface area (Å²) in [4.78, 5) is 8.99. The molecule has 1 aromatic rings. The Kier molecular flexibility index (Phi) is 2.19. The molecule has 1 aliphatic heterocycles. The van der Waals surface area contributed by atoms with Crippen molar-refractivity contribution in [3.8, 4) is 0 Å². The quantitative estimate of drug-likeness (QED) is 0.497. The lowest BCUT2D eigenvalue weighted by Gasteiger charge is -1.98. The van der Waals surface area contributed by atoms with Gasteiger partial charge in [-0.1, -0.05) is 18.5 Å². The van der Waals surface area contributed by atoms with Gasteiger partial charge in [0.2, 0.25) is 5.28 Å². The molecule has 2 rings (SSSR count). The number of nitrogens with zero attached hydrogens (tertiary/aromatic N) is 2. The average Bonchev–Trinajstić information content (AvgIpc) is 2.29. The molecule has 2 nitrogen and oxygen atoms in total. The van der Waals surface area contributed by atoms with E-state index in [1.54, 1.807) is 11.8 Å². The van der Waals surface area contributed by atoms with Crippen molar-refractivity contribution >= 4 is 35.0 Å². The van der Waals surface area contributed by atoms with E-state index >= 15 is 0 Å². The van der Waals surface area contributed by atoms with Crippen molar-refractivity contribution in [2.45, 2.75) is 23.5 Å².